The fourth-order valence-electron chi connectivity index (χ4n) is 3.67. The molecule has 0 radical (unpaired) electrons. The van der Waals surface area contributed by atoms with Gasteiger partial charge in [0.1, 0.15) is 5.69 Å². The number of nitrogens with one attached hydrogen (secondary N) is 2. The molecule has 31 heavy (non-hydrogen) atoms. The molecule has 0 saturated heterocycles. The van der Waals surface area contributed by atoms with E-state index in [1.54, 1.807) is 21.3 Å². The molecule has 0 atom stereocenters. The fraction of sp³-hybridized carbons (Fsp3) is 0.250. The number of imidazole rings is 1. The van der Waals surface area contributed by atoms with Gasteiger partial charge in [0.25, 0.3) is 0 Å². The minimum absolute atomic E-state index is 0.558. The Hall–Kier alpha value is -3.74. The summed E-state index contributed by atoms with van der Waals surface area (Å²) in [5.74, 6) is 2.47. The molecule has 0 aliphatic carbocycles. The van der Waals surface area contributed by atoms with Crippen LogP contribution in [0, 0.1) is 6.92 Å². The third kappa shape index (κ3) is 3.63. The summed E-state index contributed by atoms with van der Waals surface area (Å²) in [6.07, 6.45) is 5.16. The van der Waals surface area contributed by atoms with E-state index in [-0.39, 0.29) is 0 Å². The van der Waals surface area contributed by atoms with Gasteiger partial charge in [-0.3, -0.25) is 5.10 Å². The first-order valence-electron chi connectivity index (χ1n) is 10.1. The average molecular weight is 418 g/mol. The number of H-pyrrole nitrogens is 2. The predicted octanol–water partition coefficient (Wildman–Crippen LogP) is 5.38. The van der Waals surface area contributed by atoms with Gasteiger partial charge in [0.2, 0.25) is 5.75 Å². The van der Waals surface area contributed by atoms with Crippen molar-refractivity contribution in [2.45, 2.75) is 20.3 Å². The maximum absolute atomic E-state index is 5.53. The minimum Gasteiger partial charge on any atom is -0.493 e. The molecule has 7 nitrogen and oxygen atoms in total. The van der Waals surface area contributed by atoms with Gasteiger partial charge in [-0.15, -0.1) is 0 Å². The molecule has 2 aromatic heterocycles. The van der Waals surface area contributed by atoms with Gasteiger partial charge in [-0.05, 0) is 37.1 Å². The van der Waals surface area contributed by atoms with Crippen LogP contribution in [0.3, 0.4) is 0 Å². The number of methoxy groups -OCH3 is 3. The van der Waals surface area contributed by atoms with Crippen LogP contribution in [0.5, 0.6) is 17.2 Å². The SMILES string of the molecule is CCC=Cc1c(-c2nc3c(-c4cc(OC)c(OC)c(OC)c4)cccc3[nH]2)n[nH]c1C. The highest BCUT2D eigenvalue weighted by molar-refractivity contribution is 5.94. The van der Waals surface area contributed by atoms with Crippen LogP contribution in [0.4, 0.5) is 0 Å². The van der Waals surface area contributed by atoms with Crippen LogP contribution >= 0.6 is 0 Å². The molecule has 0 saturated carbocycles. The Morgan fingerprint density at radius 3 is 2.42 bits per heavy atom. The summed E-state index contributed by atoms with van der Waals surface area (Å²) in [5, 5.41) is 7.56. The van der Waals surface area contributed by atoms with Crippen LogP contribution in [0.15, 0.2) is 36.4 Å². The van der Waals surface area contributed by atoms with Gasteiger partial charge in [-0.2, -0.15) is 5.10 Å². The van der Waals surface area contributed by atoms with Gasteiger partial charge in [-0.1, -0.05) is 31.2 Å². The molecule has 160 valence electrons. The van der Waals surface area contributed by atoms with Gasteiger partial charge >= 0.3 is 0 Å². The summed E-state index contributed by atoms with van der Waals surface area (Å²) in [7, 11) is 4.82. The van der Waals surface area contributed by atoms with E-state index in [4.69, 9.17) is 19.2 Å². The van der Waals surface area contributed by atoms with E-state index in [1.165, 1.54) is 0 Å². The Morgan fingerprint density at radius 1 is 1.03 bits per heavy atom. The second-order valence-electron chi connectivity index (χ2n) is 7.12. The molecule has 0 amide bonds. The molecule has 0 aliphatic rings. The lowest BCUT2D eigenvalue weighted by atomic mass is 10.0. The van der Waals surface area contributed by atoms with Crippen molar-refractivity contribution in [2.75, 3.05) is 21.3 Å². The normalized spacial score (nSPS) is 11.4. The molecule has 0 spiro atoms. The second-order valence-corrected chi connectivity index (χ2v) is 7.12. The van der Waals surface area contributed by atoms with Crippen molar-refractivity contribution < 1.29 is 14.2 Å². The molecular weight excluding hydrogens is 392 g/mol. The zero-order valence-corrected chi connectivity index (χ0v) is 18.4. The maximum Gasteiger partial charge on any atom is 0.203 e. The van der Waals surface area contributed by atoms with E-state index < -0.39 is 0 Å². The molecule has 4 aromatic rings. The topological polar surface area (TPSA) is 85.0 Å². The number of nitrogens with zero attached hydrogens (tertiary/aromatic N) is 2. The Balaban J connectivity index is 1.88. The van der Waals surface area contributed by atoms with Crippen molar-refractivity contribution in [2.24, 2.45) is 0 Å². The van der Waals surface area contributed by atoms with Crippen molar-refractivity contribution in [3.63, 3.8) is 0 Å². The minimum atomic E-state index is 0.558. The van der Waals surface area contributed by atoms with Gasteiger partial charge in [-0.25, -0.2) is 4.98 Å². The molecule has 7 heteroatoms. The standard InChI is InChI=1S/C24H26N4O3/c1-6-7-9-16-14(2)27-28-22(16)24-25-18-11-8-10-17(21(18)26-24)15-12-19(29-3)23(31-5)20(13-15)30-4/h7-13H,6H2,1-5H3,(H,25,26)(H,27,28). The lowest BCUT2D eigenvalue weighted by Crippen LogP contribution is -1.96. The van der Waals surface area contributed by atoms with Crippen molar-refractivity contribution in [1.82, 2.24) is 20.2 Å². The summed E-state index contributed by atoms with van der Waals surface area (Å²) >= 11 is 0. The number of aromatic amines is 2. The lowest BCUT2D eigenvalue weighted by Gasteiger charge is -2.14. The summed E-state index contributed by atoms with van der Waals surface area (Å²) < 4.78 is 16.5. The summed E-state index contributed by atoms with van der Waals surface area (Å²) in [4.78, 5) is 8.33. The van der Waals surface area contributed by atoms with Crippen LogP contribution < -0.4 is 14.2 Å². The van der Waals surface area contributed by atoms with Crippen LogP contribution in [0.1, 0.15) is 24.6 Å². The Labute approximate surface area is 181 Å². The Morgan fingerprint density at radius 2 is 1.77 bits per heavy atom. The number of allylic oxidation sites excluding steroid dienone is 1. The summed E-state index contributed by atoms with van der Waals surface area (Å²) in [6, 6.07) is 9.89. The highest BCUT2D eigenvalue weighted by Gasteiger charge is 2.19. The number of benzene rings is 2. The average Bonchev–Trinajstić information content (AvgIpc) is 3.39. The van der Waals surface area contributed by atoms with Crippen LogP contribution in [0.25, 0.3) is 39.8 Å². The van der Waals surface area contributed by atoms with Crippen molar-refractivity contribution in [3.8, 4) is 39.9 Å². The first kappa shape index (κ1) is 20.5. The number of ether oxygens (including phenoxy) is 3. The van der Waals surface area contributed by atoms with Gasteiger partial charge in [0.05, 0.1) is 32.4 Å². The number of hydrogen-bond donors (Lipinski definition) is 2. The first-order chi connectivity index (χ1) is 15.1. The molecule has 0 bridgehead atoms. The molecule has 0 fully saturated rings. The lowest BCUT2D eigenvalue weighted by molar-refractivity contribution is 0.324. The monoisotopic (exact) mass is 418 g/mol. The Bertz CT molecular complexity index is 1230. The number of hydrogen-bond acceptors (Lipinski definition) is 5. The predicted molar refractivity (Wildman–Crippen MR) is 123 cm³/mol. The molecule has 2 heterocycles. The van der Waals surface area contributed by atoms with Crippen molar-refractivity contribution in [1.29, 1.82) is 0 Å². The Kier molecular flexibility index (Phi) is 5.66. The molecule has 4 rings (SSSR count). The van der Waals surface area contributed by atoms with E-state index in [0.29, 0.717) is 17.2 Å². The molecular formula is C24H26N4O3. The zero-order chi connectivity index (χ0) is 22.0. The molecule has 2 N–H and O–H groups in total. The van der Waals surface area contributed by atoms with Crippen LogP contribution in [0.2, 0.25) is 0 Å². The summed E-state index contributed by atoms with van der Waals surface area (Å²) in [6.45, 7) is 4.12. The van der Waals surface area contributed by atoms with Crippen LogP contribution in [-0.2, 0) is 0 Å². The highest BCUT2D eigenvalue weighted by Crippen LogP contribution is 2.42. The largest absolute Gasteiger partial charge is 0.493 e. The maximum atomic E-state index is 5.53. The van der Waals surface area contributed by atoms with E-state index in [2.05, 4.69) is 34.3 Å². The second kappa shape index (κ2) is 8.55. The van der Waals surface area contributed by atoms with E-state index in [1.807, 2.05) is 37.3 Å². The third-order valence-corrected chi connectivity index (χ3v) is 5.23. The van der Waals surface area contributed by atoms with Crippen molar-refractivity contribution >= 4 is 17.1 Å². The summed E-state index contributed by atoms with van der Waals surface area (Å²) in [5.41, 5.74) is 6.49. The highest BCUT2D eigenvalue weighted by atomic mass is 16.5. The van der Waals surface area contributed by atoms with E-state index in [9.17, 15) is 0 Å². The number of fused-ring (bicyclic) bond motifs is 1. The number of rotatable bonds is 7. The number of aromatic nitrogens is 4. The fourth-order valence-corrected chi connectivity index (χ4v) is 3.67. The van der Waals surface area contributed by atoms with Crippen molar-refractivity contribution in [3.05, 3.63) is 47.7 Å². The van der Waals surface area contributed by atoms with Gasteiger partial charge in [0, 0.05) is 16.8 Å². The quantitative estimate of drug-likeness (QED) is 0.421. The number of aryl methyl sites for hydroxylation is 1. The molecule has 0 aliphatic heterocycles. The number of para-hydroxylation sites is 1. The van der Waals surface area contributed by atoms with E-state index in [0.717, 1.165) is 51.4 Å². The molecule has 0 unspecified atom stereocenters. The zero-order valence-electron chi connectivity index (χ0n) is 18.4. The van der Waals surface area contributed by atoms with E-state index >= 15 is 0 Å². The van der Waals surface area contributed by atoms with Crippen LogP contribution in [-0.4, -0.2) is 41.5 Å². The smallest absolute Gasteiger partial charge is 0.203 e. The van der Waals surface area contributed by atoms with Gasteiger partial charge < -0.3 is 19.2 Å². The third-order valence-electron chi connectivity index (χ3n) is 5.23. The molecule has 2 aromatic carbocycles. The van der Waals surface area contributed by atoms with Gasteiger partial charge in [0.15, 0.2) is 17.3 Å². The first-order valence-corrected chi connectivity index (χ1v) is 10.1.